The lowest BCUT2D eigenvalue weighted by Gasteiger charge is -2.39. The van der Waals surface area contributed by atoms with E-state index in [0.717, 1.165) is 24.8 Å². The summed E-state index contributed by atoms with van der Waals surface area (Å²) in [5.41, 5.74) is 1.45. The highest BCUT2D eigenvalue weighted by Gasteiger charge is 2.44. The lowest BCUT2D eigenvalue weighted by molar-refractivity contribution is -0.131. The second kappa shape index (κ2) is 10.3. The summed E-state index contributed by atoms with van der Waals surface area (Å²) in [4.78, 5) is 44.1. The van der Waals surface area contributed by atoms with E-state index in [0.29, 0.717) is 43.2 Å². The minimum Gasteiger partial charge on any atom is -0.497 e. The molecular formula is C28H33N3O6. The Kier molecular flexibility index (Phi) is 6.95. The summed E-state index contributed by atoms with van der Waals surface area (Å²) in [6.07, 6.45) is 2.10. The zero-order chi connectivity index (χ0) is 26.0. The predicted molar refractivity (Wildman–Crippen MR) is 136 cm³/mol. The maximum absolute atomic E-state index is 13.3. The molecule has 3 amide bonds. The molecule has 9 nitrogen and oxygen atoms in total. The van der Waals surface area contributed by atoms with Crippen molar-refractivity contribution in [1.29, 1.82) is 0 Å². The number of methoxy groups -OCH3 is 2. The third-order valence-corrected chi connectivity index (χ3v) is 8.00. The molecular weight excluding hydrogens is 474 g/mol. The van der Waals surface area contributed by atoms with Gasteiger partial charge in [0, 0.05) is 26.2 Å². The van der Waals surface area contributed by atoms with Gasteiger partial charge in [-0.1, -0.05) is 30.3 Å². The molecule has 0 saturated carbocycles. The lowest BCUT2D eigenvalue weighted by Crippen LogP contribution is -2.46. The molecule has 1 spiro atoms. The number of rotatable bonds is 6. The van der Waals surface area contributed by atoms with Crippen molar-refractivity contribution in [2.24, 2.45) is 5.41 Å². The van der Waals surface area contributed by atoms with Gasteiger partial charge in [0.2, 0.25) is 5.91 Å². The number of cyclic esters (lactones) is 1. The molecule has 2 aromatic carbocycles. The second-order valence-electron chi connectivity index (χ2n) is 10.1. The van der Waals surface area contributed by atoms with Crippen LogP contribution >= 0.6 is 0 Å². The van der Waals surface area contributed by atoms with Crippen LogP contribution in [-0.2, 0) is 9.53 Å². The Morgan fingerprint density at radius 2 is 1.68 bits per heavy atom. The van der Waals surface area contributed by atoms with Crippen molar-refractivity contribution in [1.82, 2.24) is 14.7 Å². The van der Waals surface area contributed by atoms with Crippen molar-refractivity contribution < 1.29 is 28.6 Å². The monoisotopic (exact) mass is 507 g/mol. The average molecular weight is 508 g/mol. The van der Waals surface area contributed by atoms with Crippen molar-refractivity contribution in [2.45, 2.75) is 25.3 Å². The maximum Gasteiger partial charge on any atom is 0.410 e. The summed E-state index contributed by atoms with van der Waals surface area (Å²) in [5.74, 6) is 1.00. The number of ether oxygens (including phenoxy) is 3. The first-order chi connectivity index (χ1) is 17.9. The number of piperidine rings is 1. The van der Waals surface area contributed by atoms with E-state index in [1.807, 2.05) is 40.1 Å². The quantitative estimate of drug-likeness (QED) is 0.596. The number of nitrogens with zero attached hydrogens (tertiary/aromatic N) is 3. The third-order valence-electron chi connectivity index (χ3n) is 8.00. The van der Waals surface area contributed by atoms with Crippen LogP contribution in [0, 0.1) is 5.41 Å². The maximum atomic E-state index is 13.3. The Labute approximate surface area is 216 Å². The van der Waals surface area contributed by atoms with Crippen molar-refractivity contribution in [3.05, 3.63) is 59.7 Å². The van der Waals surface area contributed by atoms with Crippen LogP contribution in [0.1, 0.15) is 41.2 Å². The number of amides is 3. The van der Waals surface area contributed by atoms with E-state index in [2.05, 4.69) is 0 Å². The third kappa shape index (κ3) is 4.95. The van der Waals surface area contributed by atoms with Gasteiger partial charge in [-0.25, -0.2) is 4.79 Å². The van der Waals surface area contributed by atoms with Crippen LogP contribution in [0.4, 0.5) is 4.79 Å². The predicted octanol–water partition coefficient (Wildman–Crippen LogP) is 3.35. The van der Waals surface area contributed by atoms with Crippen LogP contribution in [0.2, 0.25) is 0 Å². The Morgan fingerprint density at radius 1 is 0.973 bits per heavy atom. The molecule has 37 heavy (non-hydrogen) atoms. The van der Waals surface area contributed by atoms with Crippen LogP contribution in [0.5, 0.6) is 11.5 Å². The van der Waals surface area contributed by atoms with Crippen LogP contribution in [0.3, 0.4) is 0 Å². The smallest absolute Gasteiger partial charge is 0.410 e. The molecule has 0 radical (unpaired) electrons. The number of hydrogen-bond donors (Lipinski definition) is 0. The summed E-state index contributed by atoms with van der Waals surface area (Å²) in [7, 11) is 3.13. The van der Waals surface area contributed by atoms with E-state index in [1.54, 1.807) is 32.4 Å². The van der Waals surface area contributed by atoms with Gasteiger partial charge in [-0.05, 0) is 48.4 Å². The van der Waals surface area contributed by atoms with Crippen molar-refractivity contribution in [3.8, 4) is 11.5 Å². The zero-order valence-corrected chi connectivity index (χ0v) is 21.4. The number of hydrogen-bond acceptors (Lipinski definition) is 6. The lowest BCUT2D eigenvalue weighted by atomic mass is 9.77. The first kappa shape index (κ1) is 24.9. The van der Waals surface area contributed by atoms with Gasteiger partial charge < -0.3 is 24.0 Å². The summed E-state index contributed by atoms with van der Waals surface area (Å²) >= 11 is 0. The van der Waals surface area contributed by atoms with Gasteiger partial charge in [0.1, 0.15) is 24.7 Å². The number of carbonyl (C=O) groups is 3. The van der Waals surface area contributed by atoms with Gasteiger partial charge in [-0.3, -0.25) is 14.5 Å². The highest BCUT2D eigenvalue weighted by Crippen LogP contribution is 2.41. The Morgan fingerprint density at radius 3 is 2.35 bits per heavy atom. The van der Waals surface area contributed by atoms with E-state index in [4.69, 9.17) is 14.2 Å². The van der Waals surface area contributed by atoms with Gasteiger partial charge >= 0.3 is 6.09 Å². The van der Waals surface area contributed by atoms with Crippen molar-refractivity contribution >= 4 is 17.9 Å². The standard InChI is InChI=1S/C28H33N3O6/c1-35-21-8-9-24(36-2)22(16-21)26(33)29-13-10-28(11-14-29)12-15-30(19-28)25(32)17-31-23(18-37-27(31)34)20-6-4-3-5-7-20/h3-9,16,23H,10-15,17-19H2,1-2H3. The van der Waals surface area contributed by atoms with Crippen LogP contribution < -0.4 is 9.47 Å². The van der Waals surface area contributed by atoms with Crippen LogP contribution in [0.25, 0.3) is 0 Å². The molecule has 3 saturated heterocycles. The fourth-order valence-electron chi connectivity index (χ4n) is 5.71. The van der Waals surface area contributed by atoms with E-state index in [1.165, 1.54) is 4.90 Å². The molecule has 3 aliphatic rings. The molecule has 0 N–H and O–H groups in total. The molecule has 1 atom stereocenters. The van der Waals surface area contributed by atoms with E-state index < -0.39 is 6.09 Å². The first-order valence-corrected chi connectivity index (χ1v) is 12.7. The van der Waals surface area contributed by atoms with Crippen molar-refractivity contribution in [3.63, 3.8) is 0 Å². The van der Waals surface area contributed by atoms with Gasteiger partial charge in [0.25, 0.3) is 5.91 Å². The normalized spacial score (nSPS) is 20.8. The minimum atomic E-state index is -0.448. The van der Waals surface area contributed by atoms with E-state index >= 15 is 0 Å². The molecule has 3 aliphatic heterocycles. The fraction of sp³-hybridized carbons (Fsp3) is 0.464. The van der Waals surface area contributed by atoms with Gasteiger partial charge in [-0.15, -0.1) is 0 Å². The summed E-state index contributed by atoms with van der Waals surface area (Å²) in [6.45, 7) is 2.81. The zero-order valence-electron chi connectivity index (χ0n) is 21.4. The Balaban J connectivity index is 1.19. The highest BCUT2D eigenvalue weighted by atomic mass is 16.6. The molecule has 196 valence electrons. The molecule has 0 aromatic heterocycles. The first-order valence-electron chi connectivity index (χ1n) is 12.7. The summed E-state index contributed by atoms with van der Waals surface area (Å²) in [5, 5.41) is 0. The number of benzene rings is 2. The highest BCUT2D eigenvalue weighted by molar-refractivity contribution is 5.97. The molecule has 1 unspecified atom stereocenters. The summed E-state index contributed by atoms with van der Waals surface area (Å²) in [6, 6.07) is 14.6. The summed E-state index contributed by atoms with van der Waals surface area (Å²) < 4.78 is 16.0. The van der Waals surface area contributed by atoms with Crippen molar-refractivity contribution in [2.75, 3.05) is 53.6 Å². The van der Waals surface area contributed by atoms with Gasteiger partial charge in [-0.2, -0.15) is 0 Å². The molecule has 2 aromatic rings. The molecule has 3 fully saturated rings. The van der Waals surface area contributed by atoms with Gasteiger partial charge in [0.05, 0.1) is 25.8 Å². The molecule has 0 bridgehead atoms. The Bertz CT molecular complexity index is 1160. The number of likely N-dealkylation sites (tertiary alicyclic amines) is 2. The van der Waals surface area contributed by atoms with E-state index in [-0.39, 0.29) is 36.4 Å². The molecule has 9 heteroatoms. The van der Waals surface area contributed by atoms with E-state index in [9.17, 15) is 14.4 Å². The topological polar surface area (TPSA) is 88.6 Å². The number of carbonyl (C=O) groups excluding carboxylic acids is 3. The Hall–Kier alpha value is -3.75. The minimum absolute atomic E-state index is 0.00471. The largest absolute Gasteiger partial charge is 0.497 e. The molecule has 5 rings (SSSR count). The van der Waals surface area contributed by atoms with Gasteiger partial charge in [0.15, 0.2) is 0 Å². The second-order valence-corrected chi connectivity index (χ2v) is 10.1. The van der Waals surface area contributed by atoms with Crippen LogP contribution in [0.15, 0.2) is 48.5 Å². The molecule has 3 heterocycles. The average Bonchev–Trinajstić information content (AvgIpc) is 3.52. The SMILES string of the molecule is COc1ccc(OC)c(C(=O)N2CCC3(CCN(C(=O)CN4C(=O)OCC4c4ccccc4)C3)CC2)c1. The van der Waals surface area contributed by atoms with Crippen LogP contribution in [-0.4, -0.2) is 86.2 Å². The molecule has 0 aliphatic carbocycles. The fourth-order valence-corrected chi connectivity index (χ4v) is 5.71.